The average molecular weight is 342 g/mol. The van der Waals surface area contributed by atoms with Crippen LogP contribution in [0.5, 0.6) is 0 Å². The minimum absolute atomic E-state index is 0.175. The number of para-hydroxylation sites is 1. The van der Waals surface area contributed by atoms with E-state index in [1.165, 1.54) is 4.70 Å². The van der Waals surface area contributed by atoms with Gasteiger partial charge in [0.25, 0.3) is 0 Å². The molecule has 0 N–H and O–H groups in total. The molecule has 0 saturated carbocycles. The molecule has 0 unspecified atom stereocenters. The van der Waals surface area contributed by atoms with Gasteiger partial charge < -0.3 is 9.80 Å². The maximum absolute atomic E-state index is 12.3. The molecule has 0 atom stereocenters. The zero-order valence-corrected chi connectivity index (χ0v) is 14.0. The minimum Gasteiger partial charge on any atom is -0.345 e. The van der Waals surface area contributed by atoms with Gasteiger partial charge in [-0.2, -0.15) is 0 Å². The SMILES string of the molecule is O=C(CCn1ccnn1)N1CCN(c2nc3ccccc3s2)CC1. The summed E-state index contributed by atoms with van der Waals surface area (Å²) in [6.07, 6.45) is 3.87. The van der Waals surface area contributed by atoms with Gasteiger partial charge in [0.2, 0.25) is 5.91 Å². The second-order valence-corrected chi connectivity index (χ2v) is 6.76. The quantitative estimate of drug-likeness (QED) is 0.721. The highest BCUT2D eigenvalue weighted by Crippen LogP contribution is 2.29. The first-order chi connectivity index (χ1) is 11.8. The van der Waals surface area contributed by atoms with E-state index in [0.717, 1.165) is 36.8 Å². The fourth-order valence-electron chi connectivity index (χ4n) is 2.86. The highest BCUT2D eigenvalue weighted by molar-refractivity contribution is 7.22. The van der Waals surface area contributed by atoms with Crippen molar-refractivity contribution < 1.29 is 4.79 Å². The highest BCUT2D eigenvalue weighted by Gasteiger charge is 2.22. The van der Waals surface area contributed by atoms with Crippen LogP contribution < -0.4 is 4.90 Å². The number of fused-ring (bicyclic) bond motifs is 1. The molecule has 4 rings (SSSR count). The molecule has 24 heavy (non-hydrogen) atoms. The van der Waals surface area contributed by atoms with E-state index in [0.29, 0.717) is 13.0 Å². The average Bonchev–Trinajstić information content (AvgIpc) is 3.29. The van der Waals surface area contributed by atoms with E-state index in [4.69, 9.17) is 4.98 Å². The molecule has 1 aliphatic rings. The first kappa shape index (κ1) is 15.1. The number of nitrogens with zero attached hydrogens (tertiary/aromatic N) is 6. The normalized spacial score (nSPS) is 15.2. The number of amides is 1. The summed E-state index contributed by atoms with van der Waals surface area (Å²) >= 11 is 1.71. The van der Waals surface area contributed by atoms with Gasteiger partial charge in [-0.1, -0.05) is 28.7 Å². The maximum atomic E-state index is 12.3. The van der Waals surface area contributed by atoms with Gasteiger partial charge in [0.05, 0.1) is 23.0 Å². The number of benzene rings is 1. The molecule has 1 aliphatic heterocycles. The lowest BCUT2D eigenvalue weighted by Crippen LogP contribution is -2.48. The van der Waals surface area contributed by atoms with Crippen LogP contribution in [0.1, 0.15) is 6.42 Å². The molecule has 0 aliphatic carbocycles. The Kier molecular flexibility index (Phi) is 4.12. The van der Waals surface area contributed by atoms with Crippen LogP contribution in [0.15, 0.2) is 36.7 Å². The van der Waals surface area contributed by atoms with Crippen LogP contribution in [-0.2, 0) is 11.3 Å². The molecule has 2 aromatic heterocycles. The van der Waals surface area contributed by atoms with E-state index < -0.39 is 0 Å². The summed E-state index contributed by atoms with van der Waals surface area (Å²) in [4.78, 5) is 21.2. The van der Waals surface area contributed by atoms with Crippen molar-refractivity contribution in [2.24, 2.45) is 0 Å². The second-order valence-electron chi connectivity index (χ2n) is 5.75. The van der Waals surface area contributed by atoms with E-state index in [9.17, 15) is 4.79 Å². The predicted octanol–water partition coefficient (Wildman–Crippen LogP) is 1.63. The van der Waals surface area contributed by atoms with Gasteiger partial charge in [-0.15, -0.1) is 5.10 Å². The first-order valence-corrected chi connectivity index (χ1v) is 8.84. The molecule has 0 bridgehead atoms. The lowest BCUT2D eigenvalue weighted by molar-refractivity contribution is -0.131. The van der Waals surface area contributed by atoms with E-state index >= 15 is 0 Å². The van der Waals surface area contributed by atoms with Crippen molar-refractivity contribution in [3.63, 3.8) is 0 Å². The van der Waals surface area contributed by atoms with Gasteiger partial charge >= 0.3 is 0 Å². The van der Waals surface area contributed by atoms with Crippen LogP contribution >= 0.6 is 11.3 Å². The zero-order chi connectivity index (χ0) is 16.4. The molecule has 7 nitrogen and oxygen atoms in total. The summed E-state index contributed by atoms with van der Waals surface area (Å²) in [7, 11) is 0. The van der Waals surface area contributed by atoms with Crippen LogP contribution in [0.25, 0.3) is 10.2 Å². The van der Waals surface area contributed by atoms with Crippen LogP contribution in [-0.4, -0.2) is 57.0 Å². The van der Waals surface area contributed by atoms with Gasteiger partial charge in [-0.25, -0.2) is 4.98 Å². The Morgan fingerprint density at radius 2 is 2.00 bits per heavy atom. The van der Waals surface area contributed by atoms with E-state index in [2.05, 4.69) is 21.3 Å². The van der Waals surface area contributed by atoms with E-state index in [1.807, 2.05) is 23.1 Å². The first-order valence-electron chi connectivity index (χ1n) is 8.02. The van der Waals surface area contributed by atoms with Gasteiger partial charge in [-0.05, 0) is 12.1 Å². The standard InChI is InChI=1S/C16H18N6OS/c23-15(5-7-22-8-6-17-19-22)20-9-11-21(12-10-20)16-18-13-3-1-2-4-14(13)24-16/h1-4,6,8H,5,7,9-12H2. The van der Waals surface area contributed by atoms with Crippen LogP contribution in [0.4, 0.5) is 5.13 Å². The number of carbonyl (C=O) groups excluding carboxylic acids is 1. The highest BCUT2D eigenvalue weighted by atomic mass is 32.1. The van der Waals surface area contributed by atoms with Crippen molar-refractivity contribution >= 4 is 32.6 Å². The Balaban J connectivity index is 1.33. The van der Waals surface area contributed by atoms with Crippen LogP contribution in [0, 0.1) is 0 Å². The predicted molar refractivity (Wildman–Crippen MR) is 93.1 cm³/mol. The molecular weight excluding hydrogens is 324 g/mol. The van der Waals surface area contributed by atoms with Crippen molar-refractivity contribution in [3.05, 3.63) is 36.7 Å². The number of anilines is 1. The number of rotatable bonds is 4. The second kappa shape index (κ2) is 6.56. The Hall–Kier alpha value is -2.48. The molecule has 1 fully saturated rings. The number of aromatic nitrogens is 4. The zero-order valence-electron chi connectivity index (χ0n) is 13.2. The molecule has 3 heterocycles. The fraction of sp³-hybridized carbons (Fsp3) is 0.375. The van der Waals surface area contributed by atoms with E-state index in [-0.39, 0.29) is 5.91 Å². The van der Waals surface area contributed by atoms with Crippen molar-refractivity contribution in [3.8, 4) is 0 Å². The number of hydrogen-bond acceptors (Lipinski definition) is 6. The van der Waals surface area contributed by atoms with Crippen LogP contribution in [0.2, 0.25) is 0 Å². The van der Waals surface area contributed by atoms with E-state index in [1.54, 1.807) is 28.4 Å². The molecule has 3 aromatic rings. The summed E-state index contributed by atoms with van der Waals surface area (Å²) in [6, 6.07) is 8.19. The number of carbonyl (C=O) groups is 1. The van der Waals surface area contributed by atoms with Crippen molar-refractivity contribution in [2.45, 2.75) is 13.0 Å². The van der Waals surface area contributed by atoms with Crippen molar-refractivity contribution in [2.75, 3.05) is 31.1 Å². The molecule has 1 amide bonds. The summed E-state index contributed by atoms with van der Waals surface area (Å²) in [6.45, 7) is 3.72. The topological polar surface area (TPSA) is 67.2 Å². The third-order valence-corrected chi connectivity index (χ3v) is 5.31. The lowest BCUT2D eigenvalue weighted by atomic mass is 10.3. The van der Waals surface area contributed by atoms with Gasteiger partial charge in [0, 0.05) is 38.8 Å². The van der Waals surface area contributed by atoms with Gasteiger partial charge in [0.1, 0.15) is 0 Å². The summed E-state index contributed by atoms with van der Waals surface area (Å²) in [5.41, 5.74) is 1.05. The third kappa shape index (κ3) is 3.09. The molecule has 1 aromatic carbocycles. The Morgan fingerprint density at radius 3 is 2.75 bits per heavy atom. The summed E-state index contributed by atoms with van der Waals surface area (Å²) in [5.74, 6) is 0.175. The molecule has 0 spiro atoms. The molecule has 0 radical (unpaired) electrons. The number of piperazine rings is 1. The smallest absolute Gasteiger partial charge is 0.224 e. The largest absolute Gasteiger partial charge is 0.345 e. The van der Waals surface area contributed by atoms with Crippen molar-refractivity contribution in [1.82, 2.24) is 24.9 Å². The molecule has 124 valence electrons. The Bertz CT molecular complexity index is 789. The molecular formula is C16H18N6OS. The number of thiazole rings is 1. The minimum atomic E-state index is 0.175. The third-order valence-electron chi connectivity index (χ3n) is 4.21. The summed E-state index contributed by atoms with van der Waals surface area (Å²) < 4.78 is 2.90. The number of hydrogen-bond donors (Lipinski definition) is 0. The summed E-state index contributed by atoms with van der Waals surface area (Å²) in [5, 5.41) is 8.68. The van der Waals surface area contributed by atoms with Gasteiger partial charge in [-0.3, -0.25) is 9.48 Å². The Morgan fingerprint density at radius 1 is 1.17 bits per heavy atom. The fourth-order valence-corrected chi connectivity index (χ4v) is 3.88. The van der Waals surface area contributed by atoms with Crippen LogP contribution in [0.3, 0.4) is 0 Å². The van der Waals surface area contributed by atoms with Crippen molar-refractivity contribution in [1.29, 1.82) is 0 Å². The molecule has 1 saturated heterocycles. The number of aryl methyl sites for hydroxylation is 1. The Labute approximate surface area is 143 Å². The monoisotopic (exact) mass is 342 g/mol. The maximum Gasteiger partial charge on any atom is 0.224 e. The van der Waals surface area contributed by atoms with Gasteiger partial charge in [0.15, 0.2) is 5.13 Å². The molecule has 8 heteroatoms. The lowest BCUT2D eigenvalue weighted by Gasteiger charge is -2.34.